The van der Waals surface area contributed by atoms with Crippen molar-refractivity contribution < 1.29 is 13.2 Å². The predicted octanol–water partition coefficient (Wildman–Crippen LogP) is 2.42. The van der Waals surface area contributed by atoms with Crippen molar-refractivity contribution in [1.29, 1.82) is 0 Å². The molecule has 0 unspecified atom stereocenters. The summed E-state index contributed by atoms with van der Waals surface area (Å²) in [6.45, 7) is 1.83. The number of amides is 1. The highest BCUT2D eigenvalue weighted by Gasteiger charge is 2.20. The van der Waals surface area contributed by atoms with Gasteiger partial charge < -0.3 is 5.32 Å². The lowest BCUT2D eigenvalue weighted by molar-refractivity contribution is -0.119. The minimum absolute atomic E-state index is 0.264. The maximum atomic E-state index is 11.9. The first-order valence-corrected chi connectivity index (χ1v) is 9.25. The molecule has 0 aliphatic rings. The van der Waals surface area contributed by atoms with Crippen molar-refractivity contribution >= 4 is 15.9 Å². The van der Waals surface area contributed by atoms with E-state index in [4.69, 9.17) is 0 Å². The van der Waals surface area contributed by atoms with Gasteiger partial charge >= 0.3 is 0 Å². The van der Waals surface area contributed by atoms with E-state index < -0.39 is 21.7 Å². The van der Waals surface area contributed by atoms with Gasteiger partial charge in [0.25, 0.3) is 0 Å². The van der Waals surface area contributed by atoms with E-state index in [1.807, 2.05) is 61.5 Å². The summed E-state index contributed by atoms with van der Waals surface area (Å²) < 4.78 is 24.5. The molecular formula is C18H22N2O3S. The first-order valence-electron chi connectivity index (χ1n) is 7.64. The molecule has 2 aromatic rings. The van der Waals surface area contributed by atoms with Crippen molar-refractivity contribution in [3.63, 3.8) is 0 Å². The van der Waals surface area contributed by atoms with Gasteiger partial charge in [-0.2, -0.15) is 0 Å². The summed E-state index contributed by atoms with van der Waals surface area (Å²) in [5, 5.41) is 2.72. The standard InChI is InChI=1S/C18H22N2O3S/c1-14(19-18(21)13-24(22,23)20(2)3)15-9-11-17(12-10-15)16-7-5-4-6-8-16/h4-12,14H,13H2,1-3H3,(H,19,21)/t14-/m1/s1. The fourth-order valence-electron chi connectivity index (χ4n) is 2.26. The summed E-state index contributed by atoms with van der Waals surface area (Å²) in [6, 6.07) is 17.6. The molecule has 1 amide bonds. The largest absolute Gasteiger partial charge is 0.349 e. The Labute approximate surface area is 143 Å². The van der Waals surface area contributed by atoms with Crippen LogP contribution < -0.4 is 5.32 Å². The van der Waals surface area contributed by atoms with Gasteiger partial charge in [0.1, 0.15) is 5.75 Å². The van der Waals surface area contributed by atoms with Crippen molar-refractivity contribution in [3.05, 3.63) is 60.2 Å². The third-order valence-corrected chi connectivity index (χ3v) is 5.50. The molecule has 0 bridgehead atoms. The molecule has 0 spiro atoms. The fourth-order valence-corrected chi connectivity index (χ4v) is 2.93. The summed E-state index contributed by atoms with van der Waals surface area (Å²) >= 11 is 0. The van der Waals surface area contributed by atoms with E-state index in [-0.39, 0.29) is 6.04 Å². The lowest BCUT2D eigenvalue weighted by Crippen LogP contribution is -2.36. The molecule has 5 nitrogen and oxygen atoms in total. The summed E-state index contributed by atoms with van der Waals surface area (Å²) in [5.74, 6) is -1.06. The Morgan fingerprint density at radius 2 is 1.54 bits per heavy atom. The average Bonchev–Trinajstić information content (AvgIpc) is 2.55. The number of benzene rings is 2. The van der Waals surface area contributed by atoms with Crippen molar-refractivity contribution in [2.75, 3.05) is 19.8 Å². The van der Waals surface area contributed by atoms with Crippen molar-refractivity contribution in [2.45, 2.75) is 13.0 Å². The van der Waals surface area contributed by atoms with E-state index in [1.54, 1.807) is 0 Å². The van der Waals surface area contributed by atoms with E-state index in [0.29, 0.717) is 0 Å². The third-order valence-electron chi connectivity index (χ3n) is 3.77. The van der Waals surface area contributed by atoms with Gasteiger partial charge in [0, 0.05) is 14.1 Å². The summed E-state index contributed by atoms with van der Waals surface area (Å²) in [6.07, 6.45) is 0. The highest BCUT2D eigenvalue weighted by molar-refractivity contribution is 7.89. The van der Waals surface area contributed by atoms with Gasteiger partial charge in [-0.25, -0.2) is 12.7 Å². The lowest BCUT2D eigenvalue weighted by atomic mass is 10.0. The molecule has 0 aromatic heterocycles. The molecule has 128 valence electrons. The third kappa shape index (κ3) is 4.66. The van der Waals surface area contributed by atoms with Crippen LogP contribution in [0.4, 0.5) is 0 Å². The Hall–Kier alpha value is -2.18. The number of hydrogen-bond donors (Lipinski definition) is 1. The van der Waals surface area contributed by atoms with Gasteiger partial charge in [-0.1, -0.05) is 54.6 Å². The molecule has 0 radical (unpaired) electrons. The number of hydrogen-bond acceptors (Lipinski definition) is 3. The maximum Gasteiger partial charge on any atom is 0.237 e. The number of sulfonamides is 1. The number of nitrogens with zero attached hydrogens (tertiary/aromatic N) is 1. The van der Waals surface area contributed by atoms with Crippen LogP contribution in [0, 0.1) is 0 Å². The zero-order chi connectivity index (χ0) is 17.7. The molecule has 2 aromatic carbocycles. The average molecular weight is 346 g/mol. The Balaban J connectivity index is 2.03. The highest BCUT2D eigenvalue weighted by Crippen LogP contribution is 2.21. The van der Waals surface area contributed by atoms with Crippen LogP contribution in [-0.2, 0) is 14.8 Å². The second kappa shape index (κ2) is 7.59. The molecule has 0 heterocycles. The van der Waals surface area contributed by atoms with Crippen molar-refractivity contribution in [3.8, 4) is 11.1 Å². The van der Waals surface area contributed by atoms with Crippen molar-refractivity contribution in [2.24, 2.45) is 0 Å². The smallest absolute Gasteiger partial charge is 0.237 e. The first-order chi connectivity index (χ1) is 11.3. The first kappa shape index (κ1) is 18.2. The number of carbonyl (C=O) groups is 1. The normalized spacial score (nSPS) is 12.8. The number of nitrogens with one attached hydrogen (secondary N) is 1. The zero-order valence-corrected chi connectivity index (χ0v) is 14.9. The van der Waals surface area contributed by atoms with Crippen LogP contribution in [0.15, 0.2) is 54.6 Å². The molecule has 0 saturated heterocycles. The molecule has 24 heavy (non-hydrogen) atoms. The SMILES string of the molecule is C[C@@H](NC(=O)CS(=O)(=O)N(C)C)c1ccc(-c2ccccc2)cc1. The Morgan fingerprint density at radius 1 is 1.00 bits per heavy atom. The lowest BCUT2D eigenvalue weighted by Gasteiger charge is -2.16. The summed E-state index contributed by atoms with van der Waals surface area (Å²) in [5.41, 5.74) is 3.14. The van der Waals surface area contributed by atoms with Crippen LogP contribution in [0.2, 0.25) is 0 Å². The van der Waals surface area contributed by atoms with E-state index in [9.17, 15) is 13.2 Å². The van der Waals surface area contributed by atoms with Crippen LogP contribution >= 0.6 is 0 Å². The van der Waals surface area contributed by atoms with Gasteiger partial charge in [0.05, 0.1) is 6.04 Å². The van der Waals surface area contributed by atoms with E-state index >= 15 is 0 Å². The van der Waals surface area contributed by atoms with Gasteiger partial charge in [-0.15, -0.1) is 0 Å². The molecule has 0 fully saturated rings. The fraction of sp³-hybridized carbons (Fsp3) is 0.278. The van der Waals surface area contributed by atoms with E-state index in [1.165, 1.54) is 14.1 Å². The van der Waals surface area contributed by atoms with Crippen LogP contribution in [0.3, 0.4) is 0 Å². The summed E-state index contributed by atoms with van der Waals surface area (Å²) in [4.78, 5) is 11.9. The van der Waals surface area contributed by atoms with E-state index in [2.05, 4.69) is 5.32 Å². The molecule has 0 aliphatic heterocycles. The van der Waals surface area contributed by atoms with E-state index in [0.717, 1.165) is 21.0 Å². The Bertz CT molecular complexity index is 785. The van der Waals surface area contributed by atoms with Gasteiger partial charge in [-0.3, -0.25) is 4.79 Å². The highest BCUT2D eigenvalue weighted by atomic mass is 32.2. The van der Waals surface area contributed by atoms with Gasteiger partial charge in [0.15, 0.2) is 0 Å². The number of rotatable bonds is 6. The van der Waals surface area contributed by atoms with Crippen LogP contribution in [0.1, 0.15) is 18.5 Å². The molecule has 0 aliphatic carbocycles. The minimum atomic E-state index is -3.55. The summed E-state index contributed by atoms with van der Waals surface area (Å²) in [7, 11) is -0.725. The molecule has 6 heteroatoms. The molecule has 1 N–H and O–H groups in total. The second-order valence-electron chi connectivity index (χ2n) is 5.82. The molecule has 1 atom stereocenters. The Morgan fingerprint density at radius 3 is 2.08 bits per heavy atom. The topological polar surface area (TPSA) is 66.5 Å². The number of carbonyl (C=O) groups excluding carboxylic acids is 1. The zero-order valence-electron chi connectivity index (χ0n) is 14.1. The second-order valence-corrected chi connectivity index (χ2v) is 8.00. The quantitative estimate of drug-likeness (QED) is 0.873. The van der Waals surface area contributed by atoms with Gasteiger partial charge in [0.2, 0.25) is 15.9 Å². The van der Waals surface area contributed by atoms with Crippen LogP contribution in [0.25, 0.3) is 11.1 Å². The van der Waals surface area contributed by atoms with Crippen LogP contribution in [0.5, 0.6) is 0 Å². The molecule has 0 saturated carbocycles. The minimum Gasteiger partial charge on any atom is -0.349 e. The van der Waals surface area contributed by atoms with Crippen molar-refractivity contribution in [1.82, 2.24) is 9.62 Å². The van der Waals surface area contributed by atoms with Gasteiger partial charge in [-0.05, 0) is 23.6 Å². The predicted molar refractivity (Wildman–Crippen MR) is 95.9 cm³/mol. The maximum absolute atomic E-state index is 11.9. The van der Waals surface area contributed by atoms with Crippen LogP contribution in [-0.4, -0.2) is 38.5 Å². The molecule has 2 rings (SSSR count). The molecular weight excluding hydrogens is 324 g/mol. The Kier molecular flexibility index (Phi) is 5.75. The monoisotopic (exact) mass is 346 g/mol.